The van der Waals surface area contributed by atoms with Crippen molar-refractivity contribution in [2.24, 2.45) is 0 Å². The molecule has 1 N–H and O–H groups in total. The largest absolute Gasteiger partial charge is 0.444 e. The van der Waals surface area contributed by atoms with Gasteiger partial charge in [0.2, 0.25) is 10.0 Å². The first-order chi connectivity index (χ1) is 11.5. The molecule has 0 bridgehead atoms. The molecular formula is C17H25N3O4S. The van der Waals surface area contributed by atoms with Crippen molar-refractivity contribution in [2.75, 3.05) is 19.6 Å². The highest BCUT2D eigenvalue weighted by atomic mass is 32.2. The summed E-state index contributed by atoms with van der Waals surface area (Å²) in [6.07, 6.45) is -0.429. The van der Waals surface area contributed by atoms with Crippen molar-refractivity contribution >= 4 is 16.1 Å². The Morgan fingerprint density at radius 1 is 1.24 bits per heavy atom. The lowest BCUT2D eigenvalue weighted by atomic mass is 10.2. The fourth-order valence-corrected chi connectivity index (χ4v) is 2.94. The molecule has 8 heteroatoms. The summed E-state index contributed by atoms with van der Waals surface area (Å²) < 4.78 is 32.2. The number of amides is 1. The molecule has 1 aromatic carbocycles. The monoisotopic (exact) mass is 367 g/mol. The Morgan fingerprint density at radius 3 is 2.36 bits per heavy atom. The molecule has 25 heavy (non-hydrogen) atoms. The van der Waals surface area contributed by atoms with Crippen molar-refractivity contribution in [2.45, 2.75) is 44.6 Å². The fraction of sp³-hybridized carbons (Fsp3) is 0.529. The number of sulfonamides is 1. The number of ether oxygens (including phenoxy) is 1. The predicted octanol–water partition coefficient (Wildman–Crippen LogP) is 2.42. The number of nitriles is 1. The van der Waals surface area contributed by atoms with Crippen molar-refractivity contribution in [3.63, 3.8) is 0 Å². The van der Waals surface area contributed by atoms with Crippen LogP contribution in [0.3, 0.4) is 0 Å². The summed E-state index contributed by atoms with van der Waals surface area (Å²) in [5, 5.41) is 8.71. The van der Waals surface area contributed by atoms with Crippen molar-refractivity contribution in [1.82, 2.24) is 9.62 Å². The molecule has 0 heterocycles. The third-order valence-corrected chi connectivity index (χ3v) is 4.63. The van der Waals surface area contributed by atoms with Gasteiger partial charge in [0.05, 0.1) is 17.4 Å². The first kappa shape index (κ1) is 20.9. The van der Waals surface area contributed by atoms with E-state index in [1.54, 1.807) is 32.9 Å². The lowest BCUT2D eigenvalue weighted by molar-refractivity contribution is 0.0258. The Labute approximate surface area is 149 Å². The zero-order valence-corrected chi connectivity index (χ0v) is 15.9. The number of aryl methyl sites for hydroxylation is 1. The minimum absolute atomic E-state index is 0.0287. The molecule has 0 saturated heterocycles. The average molecular weight is 367 g/mol. The van der Waals surface area contributed by atoms with Gasteiger partial charge in [0.15, 0.2) is 0 Å². The lowest BCUT2D eigenvalue weighted by Gasteiger charge is -2.27. The number of benzene rings is 1. The van der Waals surface area contributed by atoms with Crippen LogP contribution in [0.5, 0.6) is 0 Å². The molecule has 0 saturated carbocycles. The van der Waals surface area contributed by atoms with Crippen LogP contribution in [0.2, 0.25) is 0 Å². The summed E-state index contributed by atoms with van der Waals surface area (Å²) in [4.78, 5) is 13.6. The van der Waals surface area contributed by atoms with Gasteiger partial charge >= 0.3 is 6.09 Å². The van der Waals surface area contributed by atoms with Gasteiger partial charge in [-0.3, -0.25) is 0 Å². The third kappa shape index (κ3) is 7.54. The van der Waals surface area contributed by atoms with Gasteiger partial charge in [-0.15, -0.1) is 0 Å². The molecule has 0 aromatic heterocycles. The minimum atomic E-state index is -3.65. The fourth-order valence-electron chi connectivity index (χ4n) is 1.92. The van der Waals surface area contributed by atoms with Crippen LogP contribution in [0.25, 0.3) is 0 Å². The van der Waals surface area contributed by atoms with Gasteiger partial charge < -0.3 is 9.64 Å². The highest BCUT2D eigenvalue weighted by Crippen LogP contribution is 2.11. The second-order valence-electron chi connectivity index (χ2n) is 6.59. The minimum Gasteiger partial charge on any atom is -0.444 e. The van der Waals surface area contributed by atoms with Crippen LogP contribution in [0.15, 0.2) is 29.2 Å². The summed E-state index contributed by atoms with van der Waals surface area (Å²) in [5.41, 5.74) is 0.301. The first-order valence-corrected chi connectivity index (χ1v) is 9.45. The molecule has 1 rings (SSSR count). The maximum absolute atomic E-state index is 12.2. The number of carbonyl (C=O) groups excluding carboxylic acids is 1. The van der Waals surface area contributed by atoms with Crippen LogP contribution in [-0.2, 0) is 14.8 Å². The molecule has 0 aliphatic rings. The van der Waals surface area contributed by atoms with Crippen molar-refractivity contribution < 1.29 is 17.9 Å². The number of carbonyl (C=O) groups is 1. The summed E-state index contributed by atoms with van der Waals surface area (Å²) >= 11 is 0. The highest BCUT2D eigenvalue weighted by Gasteiger charge is 2.22. The molecule has 1 amide bonds. The molecule has 138 valence electrons. The SMILES string of the molecule is Cc1ccc(S(=O)(=O)NCCN(CCC#N)C(=O)OC(C)(C)C)cc1. The van der Waals surface area contributed by atoms with E-state index in [4.69, 9.17) is 10.00 Å². The van der Waals surface area contributed by atoms with Crippen molar-refractivity contribution in [1.29, 1.82) is 5.26 Å². The van der Waals surface area contributed by atoms with Crippen LogP contribution in [0, 0.1) is 18.3 Å². The maximum atomic E-state index is 12.2. The van der Waals surface area contributed by atoms with Gasteiger partial charge in [0.1, 0.15) is 5.60 Å². The predicted molar refractivity (Wildman–Crippen MR) is 94.4 cm³/mol. The molecule has 0 aliphatic heterocycles. The number of nitrogens with one attached hydrogen (secondary N) is 1. The number of nitrogens with zero attached hydrogens (tertiary/aromatic N) is 2. The van der Waals surface area contributed by atoms with E-state index in [-0.39, 0.29) is 31.0 Å². The van der Waals surface area contributed by atoms with E-state index in [2.05, 4.69) is 4.72 Å². The maximum Gasteiger partial charge on any atom is 0.410 e. The van der Waals surface area contributed by atoms with Crippen LogP contribution >= 0.6 is 0 Å². The smallest absolute Gasteiger partial charge is 0.410 e. The molecule has 0 aliphatic carbocycles. The van der Waals surface area contributed by atoms with Gasteiger partial charge in [0, 0.05) is 19.6 Å². The zero-order chi connectivity index (χ0) is 19.1. The summed E-state index contributed by atoms with van der Waals surface area (Å²) in [6, 6.07) is 8.45. The lowest BCUT2D eigenvalue weighted by Crippen LogP contribution is -2.41. The Morgan fingerprint density at radius 2 is 1.84 bits per heavy atom. The molecule has 1 aromatic rings. The van der Waals surface area contributed by atoms with Gasteiger partial charge in [-0.2, -0.15) is 5.26 Å². The number of hydrogen-bond acceptors (Lipinski definition) is 5. The van der Waals surface area contributed by atoms with E-state index >= 15 is 0 Å². The van der Waals surface area contributed by atoms with E-state index in [9.17, 15) is 13.2 Å². The van der Waals surface area contributed by atoms with E-state index < -0.39 is 21.7 Å². The normalized spacial score (nSPS) is 11.6. The quantitative estimate of drug-likeness (QED) is 0.798. The van der Waals surface area contributed by atoms with Crippen LogP contribution < -0.4 is 4.72 Å². The Hall–Kier alpha value is -2.11. The molecule has 7 nitrogen and oxygen atoms in total. The van der Waals surface area contributed by atoms with Gasteiger partial charge in [-0.05, 0) is 39.8 Å². The zero-order valence-electron chi connectivity index (χ0n) is 15.1. The summed E-state index contributed by atoms with van der Waals surface area (Å²) in [5.74, 6) is 0. The third-order valence-electron chi connectivity index (χ3n) is 3.15. The first-order valence-electron chi connectivity index (χ1n) is 7.96. The Bertz CT molecular complexity index is 716. The topological polar surface area (TPSA) is 99.5 Å². The van der Waals surface area contributed by atoms with Crippen molar-refractivity contribution in [3.05, 3.63) is 29.8 Å². The van der Waals surface area contributed by atoms with Crippen LogP contribution in [0.1, 0.15) is 32.8 Å². The Kier molecular flexibility index (Phi) is 7.39. The van der Waals surface area contributed by atoms with E-state index in [0.717, 1.165) is 5.56 Å². The van der Waals surface area contributed by atoms with E-state index in [0.29, 0.717) is 0 Å². The summed E-state index contributed by atoms with van der Waals surface area (Å²) in [6.45, 7) is 7.42. The molecule has 0 fully saturated rings. The molecule has 0 atom stereocenters. The molecule has 0 radical (unpaired) electrons. The standard InChI is InChI=1S/C17H25N3O4S/c1-14-6-8-15(9-7-14)25(22,23)19-11-13-20(12-5-10-18)16(21)24-17(2,3)4/h6-9,19H,5,11-13H2,1-4H3. The number of hydrogen-bond donors (Lipinski definition) is 1. The van der Waals surface area contributed by atoms with E-state index in [1.807, 2.05) is 13.0 Å². The summed E-state index contributed by atoms with van der Waals surface area (Å²) in [7, 11) is -3.65. The molecular weight excluding hydrogens is 342 g/mol. The number of rotatable bonds is 7. The van der Waals surface area contributed by atoms with Crippen molar-refractivity contribution in [3.8, 4) is 6.07 Å². The van der Waals surface area contributed by atoms with Gasteiger partial charge in [0.25, 0.3) is 0 Å². The van der Waals surface area contributed by atoms with E-state index in [1.165, 1.54) is 17.0 Å². The molecule has 0 unspecified atom stereocenters. The Balaban J connectivity index is 2.68. The molecule has 0 spiro atoms. The second-order valence-corrected chi connectivity index (χ2v) is 8.35. The van der Waals surface area contributed by atoms with Gasteiger partial charge in [-0.25, -0.2) is 17.9 Å². The average Bonchev–Trinajstić information content (AvgIpc) is 2.49. The van der Waals surface area contributed by atoms with Crippen LogP contribution in [-0.4, -0.2) is 44.6 Å². The highest BCUT2D eigenvalue weighted by molar-refractivity contribution is 7.89. The van der Waals surface area contributed by atoms with Crippen LogP contribution in [0.4, 0.5) is 4.79 Å². The second kappa shape index (κ2) is 8.83. The van der Waals surface area contributed by atoms with Gasteiger partial charge in [-0.1, -0.05) is 17.7 Å².